The monoisotopic (exact) mass is 504 g/mol. The van der Waals surface area contributed by atoms with Crippen LogP contribution in [0.2, 0.25) is 10.0 Å². The van der Waals surface area contributed by atoms with Crippen LogP contribution in [0.3, 0.4) is 0 Å². The van der Waals surface area contributed by atoms with Crippen molar-refractivity contribution in [2.24, 2.45) is 0 Å². The van der Waals surface area contributed by atoms with Gasteiger partial charge in [-0.25, -0.2) is 4.39 Å². The van der Waals surface area contributed by atoms with Crippen molar-refractivity contribution in [2.75, 3.05) is 5.32 Å². The number of carbonyl (C=O) groups excluding carboxylic acids is 1. The maximum atomic E-state index is 13.1. The minimum atomic E-state index is -4.28. The molecule has 6 nitrogen and oxygen atoms in total. The number of nitrogens with one attached hydrogen (secondary N) is 1. The maximum Gasteiger partial charge on any atom is 0.339 e. The number of hydrogen-bond donors (Lipinski definition) is 1. The Hall–Kier alpha value is -3.38. The van der Waals surface area contributed by atoms with Crippen LogP contribution in [0, 0.1) is 24.1 Å². The molecule has 33 heavy (non-hydrogen) atoms. The molecule has 3 rings (SSSR count). The van der Waals surface area contributed by atoms with Gasteiger partial charge in [-0.3, -0.25) is 4.79 Å². The molecule has 1 amide bonds. The summed E-state index contributed by atoms with van der Waals surface area (Å²) in [6.45, 7) is 1.80. The highest BCUT2D eigenvalue weighted by Crippen LogP contribution is 2.36. The predicted octanol–water partition coefficient (Wildman–Crippen LogP) is 5.75. The summed E-state index contributed by atoms with van der Waals surface area (Å²) in [5, 5.41) is 11.9. The van der Waals surface area contributed by atoms with E-state index in [-0.39, 0.29) is 31.9 Å². The summed E-state index contributed by atoms with van der Waals surface area (Å²) in [6.07, 6.45) is 1.09. The molecule has 10 heteroatoms. The average Bonchev–Trinajstić information content (AvgIpc) is 2.76. The molecular formula is C23H15Cl2FN2O4S. The van der Waals surface area contributed by atoms with Gasteiger partial charge < -0.3 is 9.50 Å². The Morgan fingerprint density at radius 2 is 1.73 bits per heavy atom. The fraction of sp³-hybridized carbons (Fsp3) is 0.0435. The maximum absolute atomic E-state index is 13.1. The fourth-order valence-corrected chi connectivity index (χ4v) is 4.24. The van der Waals surface area contributed by atoms with Crippen LogP contribution in [-0.2, 0) is 14.9 Å². The summed E-state index contributed by atoms with van der Waals surface area (Å²) in [6, 6.07) is 15.2. The van der Waals surface area contributed by atoms with E-state index in [9.17, 15) is 22.9 Å². The number of hydrogen-bond acceptors (Lipinski definition) is 5. The van der Waals surface area contributed by atoms with Crippen LogP contribution in [0.4, 0.5) is 10.1 Å². The second-order valence-electron chi connectivity index (χ2n) is 6.79. The van der Waals surface area contributed by atoms with E-state index in [1.54, 1.807) is 25.1 Å². The molecule has 168 valence electrons. The van der Waals surface area contributed by atoms with Gasteiger partial charge in [0.15, 0.2) is 5.75 Å². The van der Waals surface area contributed by atoms with E-state index in [0.717, 1.165) is 23.8 Å². The first-order valence-corrected chi connectivity index (χ1v) is 11.4. The van der Waals surface area contributed by atoms with Crippen LogP contribution in [0.25, 0.3) is 6.08 Å². The quantitative estimate of drug-likeness (QED) is 0.261. The molecule has 0 saturated heterocycles. The van der Waals surface area contributed by atoms with Crippen molar-refractivity contribution in [3.8, 4) is 11.8 Å². The molecule has 3 aromatic rings. The van der Waals surface area contributed by atoms with Gasteiger partial charge in [0, 0.05) is 16.3 Å². The van der Waals surface area contributed by atoms with Gasteiger partial charge in [0.1, 0.15) is 22.4 Å². The first kappa shape index (κ1) is 24.3. The Balaban J connectivity index is 1.99. The fourth-order valence-electron chi connectivity index (χ4n) is 2.67. The van der Waals surface area contributed by atoms with Crippen LogP contribution < -0.4 is 9.50 Å². The molecule has 0 aliphatic carbocycles. The second-order valence-corrected chi connectivity index (χ2v) is 9.18. The zero-order valence-electron chi connectivity index (χ0n) is 17.0. The van der Waals surface area contributed by atoms with Crippen LogP contribution in [0.1, 0.15) is 11.1 Å². The lowest BCUT2D eigenvalue weighted by Gasteiger charge is -2.12. The molecule has 1 N–H and O–H groups in total. The van der Waals surface area contributed by atoms with Gasteiger partial charge in [0.2, 0.25) is 0 Å². The number of nitriles is 1. The minimum absolute atomic E-state index is 0.00556. The van der Waals surface area contributed by atoms with Crippen molar-refractivity contribution >= 4 is 51.0 Å². The number of benzene rings is 3. The zero-order valence-corrected chi connectivity index (χ0v) is 19.3. The van der Waals surface area contributed by atoms with Gasteiger partial charge in [-0.15, -0.1) is 0 Å². The van der Waals surface area contributed by atoms with Gasteiger partial charge in [0.05, 0.1) is 5.02 Å². The molecule has 0 bridgehead atoms. The smallest absolute Gasteiger partial charge is 0.339 e. The van der Waals surface area contributed by atoms with Gasteiger partial charge in [-0.1, -0.05) is 40.9 Å². The molecule has 0 saturated carbocycles. The Morgan fingerprint density at radius 3 is 2.33 bits per heavy atom. The lowest BCUT2D eigenvalue weighted by atomic mass is 10.1. The highest BCUT2D eigenvalue weighted by atomic mass is 35.5. The van der Waals surface area contributed by atoms with Crippen LogP contribution >= 0.6 is 23.2 Å². The normalized spacial score (nSPS) is 11.5. The highest BCUT2D eigenvalue weighted by molar-refractivity contribution is 7.87. The summed E-state index contributed by atoms with van der Waals surface area (Å²) in [4.78, 5) is 12.4. The second kappa shape index (κ2) is 10.0. The number of aryl methyl sites for hydroxylation is 1. The Bertz CT molecular complexity index is 1380. The SMILES string of the molecule is Cc1ccc(S(=O)(=O)Oc2c(Cl)cc(Cl)cc2/C=C(\C#N)C(=O)Nc2ccc(F)cc2)cc1. The number of halogens is 3. The Labute approximate surface area is 200 Å². The third-order valence-corrected chi connectivity index (χ3v) is 6.04. The van der Waals surface area contributed by atoms with E-state index < -0.39 is 27.4 Å². The van der Waals surface area contributed by atoms with E-state index in [0.29, 0.717) is 0 Å². The molecule has 3 aromatic carbocycles. The van der Waals surface area contributed by atoms with Crippen molar-refractivity contribution < 1.29 is 21.8 Å². The predicted molar refractivity (Wildman–Crippen MR) is 124 cm³/mol. The van der Waals surface area contributed by atoms with E-state index in [1.807, 2.05) is 0 Å². The van der Waals surface area contributed by atoms with Crippen LogP contribution in [0.5, 0.6) is 5.75 Å². The molecule has 0 aliphatic rings. The highest BCUT2D eigenvalue weighted by Gasteiger charge is 2.22. The van der Waals surface area contributed by atoms with E-state index in [4.69, 9.17) is 27.4 Å². The summed E-state index contributed by atoms with van der Waals surface area (Å²) >= 11 is 12.2. The largest absolute Gasteiger partial charge is 0.377 e. The average molecular weight is 505 g/mol. The summed E-state index contributed by atoms with van der Waals surface area (Å²) in [7, 11) is -4.28. The standard InChI is InChI=1S/C23H15Cl2FN2O4S/c1-14-2-8-20(9-3-14)33(30,31)32-22-15(11-17(24)12-21(22)25)10-16(13-27)23(29)28-19-6-4-18(26)5-7-19/h2-12H,1H3,(H,28,29)/b16-10+. The van der Waals surface area contributed by atoms with Crippen molar-refractivity contribution in [1.29, 1.82) is 5.26 Å². The van der Waals surface area contributed by atoms with E-state index in [1.165, 1.54) is 36.4 Å². The van der Waals surface area contributed by atoms with Crippen LogP contribution in [0.15, 0.2) is 71.1 Å². The molecule has 0 fully saturated rings. The van der Waals surface area contributed by atoms with Gasteiger partial charge in [-0.2, -0.15) is 13.7 Å². The molecule has 0 aromatic heterocycles. The zero-order chi connectivity index (χ0) is 24.2. The molecule has 0 aliphatic heterocycles. The van der Waals surface area contributed by atoms with Crippen molar-refractivity contribution in [2.45, 2.75) is 11.8 Å². The lowest BCUT2D eigenvalue weighted by Crippen LogP contribution is -2.14. The topological polar surface area (TPSA) is 96.3 Å². The van der Waals surface area contributed by atoms with Crippen molar-refractivity contribution in [1.82, 2.24) is 0 Å². The molecule has 0 radical (unpaired) electrons. The number of carbonyl (C=O) groups is 1. The molecular weight excluding hydrogens is 490 g/mol. The Morgan fingerprint density at radius 1 is 1.09 bits per heavy atom. The number of amides is 1. The summed E-state index contributed by atoms with van der Waals surface area (Å²) < 4.78 is 43.8. The summed E-state index contributed by atoms with van der Waals surface area (Å²) in [5.74, 6) is -1.61. The third-order valence-electron chi connectivity index (χ3n) is 4.31. The van der Waals surface area contributed by atoms with E-state index in [2.05, 4.69) is 5.32 Å². The number of anilines is 1. The van der Waals surface area contributed by atoms with Gasteiger partial charge in [0.25, 0.3) is 5.91 Å². The minimum Gasteiger partial charge on any atom is -0.377 e. The lowest BCUT2D eigenvalue weighted by molar-refractivity contribution is -0.112. The van der Waals surface area contributed by atoms with Crippen molar-refractivity contribution in [3.05, 3.63) is 93.2 Å². The van der Waals surface area contributed by atoms with Gasteiger partial charge >= 0.3 is 10.1 Å². The van der Waals surface area contributed by atoms with Crippen molar-refractivity contribution in [3.63, 3.8) is 0 Å². The molecule has 0 spiro atoms. The van der Waals surface area contributed by atoms with Crippen LogP contribution in [-0.4, -0.2) is 14.3 Å². The number of rotatable bonds is 6. The first-order valence-electron chi connectivity index (χ1n) is 9.28. The first-order chi connectivity index (χ1) is 15.6. The Kier molecular flexibility index (Phi) is 7.39. The molecule has 0 atom stereocenters. The van der Waals surface area contributed by atoms with E-state index >= 15 is 0 Å². The van der Waals surface area contributed by atoms with Gasteiger partial charge in [-0.05, 0) is 61.5 Å². The molecule has 0 unspecified atom stereocenters. The summed E-state index contributed by atoms with van der Waals surface area (Å²) in [5.41, 5.74) is 0.710. The molecule has 0 heterocycles. The number of nitrogens with zero attached hydrogens (tertiary/aromatic N) is 1. The third kappa shape index (κ3) is 6.11.